The number of carbonyl (C=O) groups is 1. The number of pyridine rings is 1. The number of aromatic nitrogens is 4. The van der Waals surface area contributed by atoms with Crippen LogP contribution in [0.3, 0.4) is 0 Å². The number of halogens is 1. The Kier molecular flexibility index (Phi) is 7.45. The summed E-state index contributed by atoms with van der Waals surface area (Å²) < 4.78 is 22.6. The third-order valence-corrected chi connectivity index (χ3v) is 7.25. The molecule has 0 spiro atoms. The molecule has 4 heterocycles. The van der Waals surface area contributed by atoms with Crippen LogP contribution in [0.25, 0.3) is 22.5 Å². The third kappa shape index (κ3) is 5.89. The maximum absolute atomic E-state index is 15.1. The van der Waals surface area contributed by atoms with Crippen molar-refractivity contribution >= 4 is 17.4 Å². The lowest BCUT2D eigenvalue weighted by molar-refractivity contribution is 0.262. The molecule has 0 radical (unpaired) electrons. The number of ether oxygens (including phenoxy) is 1. The zero-order chi connectivity index (χ0) is 29.2. The number of aryl methyl sites for hydroxylation is 1. The Balaban J connectivity index is 1.16. The van der Waals surface area contributed by atoms with E-state index in [0.717, 1.165) is 42.0 Å². The highest BCUT2D eigenvalue weighted by molar-refractivity contribution is 6.02. The summed E-state index contributed by atoms with van der Waals surface area (Å²) in [6, 6.07) is 15.5. The first kappa shape index (κ1) is 27.2. The number of amides is 2. The molecule has 1 aliphatic heterocycles. The highest BCUT2D eigenvalue weighted by atomic mass is 19.1. The molecule has 4 N–H and O–H groups in total. The quantitative estimate of drug-likeness (QED) is 0.173. The van der Waals surface area contributed by atoms with Crippen LogP contribution in [0.4, 0.5) is 20.6 Å². The Morgan fingerprint density at radius 3 is 2.62 bits per heavy atom. The van der Waals surface area contributed by atoms with E-state index in [1.54, 1.807) is 35.3 Å². The van der Waals surface area contributed by atoms with Gasteiger partial charge in [0.2, 0.25) is 0 Å². The molecule has 1 aliphatic rings. The van der Waals surface area contributed by atoms with Crippen molar-refractivity contribution in [2.75, 3.05) is 17.2 Å². The Morgan fingerprint density at radius 2 is 1.83 bits per heavy atom. The Labute approximate surface area is 243 Å². The van der Waals surface area contributed by atoms with Gasteiger partial charge in [0, 0.05) is 54.9 Å². The molecule has 42 heavy (non-hydrogen) atoms. The number of carbonyl (C=O) groups excluding carboxylic acids is 1. The largest absolute Gasteiger partial charge is 0.457 e. The Bertz CT molecular complexity index is 1760. The fourth-order valence-electron chi connectivity index (χ4n) is 5.00. The summed E-state index contributed by atoms with van der Waals surface area (Å²) in [4.78, 5) is 20.8. The van der Waals surface area contributed by atoms with Crippen LogP contribution in [0.2, 0.25) is 0 Å². The first-order chi connectivity index (χ1) is 20.3. The van der Waals surface area contributed by atoms with Gasteiger partial charge >= 0.3 is 6.03 Å². The molecule has 2 amide bonds. The molecule has 214 valence electrons. The SMILES string of the molecule is CC(C)c1cc(NC(=O)Nc2ccc(Oc3ccnc(-c4cnn(C)c4)c3)cc2F)c(-c2ccc3c(c2)CCNC3)[nH]1. The van der Waals surface area contributed by atoms with Crippen LogP contribution in [0.5, 0.6) is 11.5 Å². The third-order valence-electron chi connectivity index (χ3n) is 7.25. The van der Waals surface area contributed by atoms with Crippen LogP contribution < -0.4 is 20.7 Å². The van der Waals surface area contributed by atoms with E-state index in [1.807, 2.05) is 19.3 Å². The van der Waals surface area contributed by atoms with E-state index >= 15 is 4.39 Å². The van der Waals surface area contributed by atoms with Crippen LogP contribution in [0.1, 0.15) is 36.6 Å². The second-order valence-electron chi connectivity index (χ2n) is 10.7. The van der Waals surface area contributed by atoms with Gasteiger partial charge in [0.15, 0.2) is 0 Å². The van der Waals surface area contributed by atoms with Crippen molar-refractivity contribution in [1.29, 1.82) is 0 Å². The molecule has 0 saturated carbocycles. The van der Waals surface area contributed by atoms with Crippen LogP contribution >= 0.6 is 0 Å². The summed E-state index contributed by atoms with van der Waals surface area (Å²) >= 11 is 0. The van der Waals surface area contributed by atoms with Crippen molar-refractivity contribution in [3.8, 4) is 34.0 Å². The van der Waals surface area contributed by atoms with Crippen LogP contribution in [0, 0.1) is 5.82 Å². The number of urea groups is 1. The number of benzene rings is 2. The summed E-state index contributed by atoms with van der Waals surface area (Å²) in [5.41, 5.74) is 7.59. The molecule has 2 aromatic carbocycles. The zero-order valence-electron chi connectivity index (χ0n) is 23.7. The minimum absolute atomic E-state index is 0.0353. The summed E-state index contributed by atoms with van der Waals surface area (Å²) in [6.45, 7) is 5.97. The molecule has 5 aromatic rings. The molecule has 10 heteroatoms. The average molecular weight is 566 g/mol. The number of anilines is 2. The number of nitrogens with zero attached hydrogens (tertiary/aromatic N) is 3. The van der Waals surface area contributed by atoms with Gasteiger partial charge in [-0.05, 0) is 60.3 Å². The predicted octanol–water partition coefficient (Wildman–Crippen LogP) is 6.82. The van der Waals surface area contributed by atoms with Gasteiger partial charge in [0.25, 0.3) is 0 Å². The number of fused-ring (bicyclic) bond motifs is 1. The smallest absolute Gasteiger partial charge is 0.323 e. The zero-order valence-corrected chi connectivity index (χ0v) is 23.7. The second-order valence-corrected chi connectivity index (χ2v) is 10.7. The van der Waals surface area contributed by atoms with E-state index in [9.17, 15) is 4.79 Å². The van der Waals surface area contributed by atoms with E-state index in [1.165, 1.54) is 23.3 Å². The molecule has 0 unspecified atom stereocenters. The van der Waals surface area contributed by atoms with Gasteiger partial charge in [-0.25, -0.2) is 9.18 Å². The number of nitrogens with one attached hydrogen (secondary N) is 4. The molecule has 0 fully saturated rings. The Morgan fingerprint density at radius 1 is 1.00 bits per heavy atom. The van der Waals surface area contributed by atoms with E-state index in [2.05, 4.69) is 63.1 Å². The maximum Gasteiger partial charge on any atom is 0.323 e. The molecule has 0 bridgehead atoms. The molecule has 9 nitrogen and oxygen atoms in total. The van der Waals surface area contributed by atoms with Crippen molar-refractivity contribution in [2.24, 2.45) is 7.05 Å². The van der Waals surface area contributed by atoms with Crippen molar-refractivity contribution in [2.45, 2.75) is 32.7 Å². The van der Waals surface area contributed by atoms with Gasteiger partial charge in [-0.2, -0.15) is 5.10 Å². The van der Waals surface area contributed by atoms with Gasteiger partial charge < -0.3 is 25.7 Å². The first-order valence-electron chi connectivity index (χ1n) is 13.9. The Hall–Kier alpha value is -4.96. The standard InChI is InChI=1S/C32H32FN7O2/c1-19(2)28-15-30(31(37-28)21-4-5-22-16-34-10-8-20(22)12-21)39-32(41)38-27-7-6-24(13-26(27)33)42-25-9-11-35-29(14-25)23-17-36-40(3)18-23/h4-7,9,11-15,17-19,34,37H,8,10,16H2,1-3H3,(H2,38,39,41). The van der Waals surface area contributed by atoms with Gasteiger partial charge in [0.05, 0.1) is 29.0 Å². The van der Waals surface area contributed by atoms with Gasteiger partial charge in [0.1, 0.15) is 17.3 Å². The molecule has 0 atom stereocenters. The van der Waals surface area contributed by atoms with E-state index < -0.39 is 11.8 Å². The van der Waals surface area contributed by atoms with Crippen molar-refractivity contribution < 1.29 is 13.9 Å². The second kappa shape index (κ2) is 11.5. The van der Waals surface area contributed by atoms with E-state index in [0.29, 0.717) is 22.9 Å². The summed E-state index contributed by atoms with van der Waals surface area (Å²) in [6.07, 6.45) is 6.13. The number of rotatable bonds is 7. The number of hydrogen-bond donors (Lipinski definition) is 4. The molecule has 0 saturated heterocycles. The van der Waals surface area contributed by atoms with E-state index in [4.69, 9.17) is 4.74 Å². The van der Waals surface area contributed by atoms with Crippen molar-refractivity contribution in [3.63, 3.8) is 0 Å². The minimum atomic E-state index is -0.621. The van der Waals surface area contributed by atoms with E-state index in [-0.39, 0.29) is 11.6 Å². The predicted molar refractivity (Wildman–Crippen MR) is 161 cm³/mol. The molecule has 0 aliphatic carbocycles. The van der Waals surface area contributed by atoms with Crippen LogP contribution in [-0.4, -0.2) is 32.3 Å². The first-order valence-corrected chi connectivity index (χ1v) is 13.9. The monoisotopic (exact) mass is 565 g/mol. The van der Waals surface area contributed by atoms with Crippen molar-refractivity contribution in [1.82, 2.24) is 25.1 Å². The van der Waals surface area contributed by atoms with Crippen molar-refractivity contribution in [3.05, 3.63) is 95.8 Å². The lowest BCUT2D eigenvalue weighted by atomic mass is 9.97. The number of hydrogen-bond acceptors (Lipinski definition) is 5. The van der Waals surface area contributed by atoms with Gasteiger partial charge in [-0.3, -0.25) is 9.67 Å². The minimum Gasteiger partial charge on any atom is -0.457 e. The summed E-state index contributed by atoms with van der Waals surface area (Å²) in [7, 11) is 1.83. The molecular weight excluding hydrogens is 533 g/mol. The summed E-state index contributed by atoms with van der Waals surface area (Å²) in [5, 5.41) is 13.1. The highest BCUT2D eigenvalue weighted by Gasteiger charge is 2.18. The number of H-pyrrole nitrogens is 1. The van der Waals surface area contributed by atoms with Crippen LogP contribution in [-0.2, 0) is 20.0 Å². The topological polar surface area (TPSA) is 109 Å². The maximum atomic E-state index is 15.1. The van der Waals surface area contributed by atoms with Gasteiger partial charge in [-0.1, -0.05) is 26.0 Å². The summed E-state index contributed by atoms with van der Waals surface area (Å²) in [5.74, 6) is 0.402. The lowest BCUT2D eigenvalue weighted by Gasteiger charge is -2.18. The van der Waals surface area contributed by atoms with Gasteiger partial charge in [-0.15, -0.1) is 0 Å². The fraction of sp³-hybridized carbons (Fsp3) is 0.219. The lowest BCUT2D eigenvalue weighted by Crippen LogP contribution is -2.23. The fourth-order valence-corrected chi connectivity index (χ4v) is 5.00. The molecule has 6 rings (SSSR count). The average Bonchev–Trinajstić information content (AvgIpc) is 3.61. The molecule has 3 aromatic heterocycles. The van der Waals surface area contributed by atoms with Crippen LogP contribution in [0.15, 0.2) is 73.2 Å². The number of aromatic amines is 1. The molecular formula is C32H32FN7O2. The normalized spacial score (nSPS) is 12.7. The highest BCUT2D eigenvalue weighted by Crippen LogP contribution is 2.33.